The molecule has 2 aromatic carbocycles. The van der Waals surface area contributed by atoms with Crippen LogP contribution in [0.3, 0.4) is 0 Å². The van der Waals surface area contributed by atoms with Crippen molar-refractivity contribution in [3.63, 3.8) is 0 Å². The average Bonchev–Trinajstić information content (AvgIpc) is 3.25. The molecule has 3 aromatic rings. The number of ether oxygens (including phenoxy) is 1. The van der Waals surface area contributed by atoms with Crippen LogP contribution in [0.15, 0.2) is 45.8 Å². The number of carbonyl (C=O) groups is 1. The average molecular weight is 524 g/mol. The minimum absolute atomic E-state index is 0.0375. The number of nitrogens with one attached hydrogen (secondary N) is 1. The summed E-state index contributed by atoms with van der Waals surface area (Å²) in [6.45, 7) is 7.94. The van der Waals surface area contributed by atoms with E-state index in [2.05, 4.69) is 10.5 Å². The predicted molar refractivity (Wildman–Crippen MR) is 144 cm³/mol. The molecule has 1 fully saturated rings. The summed E-state index contributed by atoms with van der Waals surface area (Å²) in [6, 6.07) is 11.6. The van der Waals surface area contributed by atoms with Crippen molar-refractivity contribution in [3.05, 3.63) is 70.1 Å². The molecule has 0 spiro atoms. The minimum atomic E-state index is -3.94. The summed E-state index contributed by atoms with van der Waals surface area (Å²) in [5.74, 6) is -0.00202. The topological polar surface area (TPSA) is 102 Å². The van der Waals surface area contributed by atoms with Gasteiger partial charge in [-0.05, 0) is 75.4 Å². The maximum absolute atomic E-state index is 13.7. The van der Waals surface area contributed by atoms with Crippen LogP contribution in [0.5, 0.6) is 5.75 Å². The number of aromatic nitrogens is 1. The van der Waals surface area contributed by atoms with Crippen molar-refractivity contribution in [2.45, 2.75) is 45.4 Å². The zero-order chi connectivity index (χ0) is 26.7. The molecular weight excluding hydrogens is 490 g/mol. The van der Waals surface area contributed by atoms with Crippen LogP contribution >= 0.6 is 0 Å². The van der Waals surface area contributed by atoms with Crippen LogP contribution in [0, 0.1) is 33.6 Å². The van der Waals surface area contributed by atoms with Crippen LogP contribution in [-0.4, -0.2) is 44.0 Å². The lowest BCUT2D eigenvalue weighted by molar-refractivity contribution is -0.120. The van der Waals surface area contributed by atoms with Crippen molar-refractivity contribution in [2.75, 3.05) is 25.5 Å². The molecule has 0 aliphatic carbocycles. The standard InChI is InChI=1S/C28H33N3O5S/c1-18-8-10-20(3)22(15-18)11-13-26-27(21(4)30-36-26)37(33,34)31-14-6-7-23(17-31)28(32)29-24-16-19(2)9-12-25(24)35-5/h8-13,15-16,23H,6-7,14,17H2,1-5H3,(H,29,32)/b13-11+/t23-/m0/s1. The Morgan fingerprint density at radius 2 is 1.84 bits per heavy atom. The largest absolute Gasteiger partial charge is 0.495 e. The number of rotatable bonds is 7. The van der Waals surface area contributed by atoms with Gasteiger partial charge in [-0.25, -0.2) is 8.42 Å². The highest BCUT2D eigenvalue weighted by atomic mass is 32.2. The lowest BCUT2D eigenvalue weighted by Crippen LogP contribution is -2.44. The van der Waals surface area contributed by atoms with E-state index in [1.165, 1.54) is 4.31 Å². The van der Waals surface area contributed by atoms with Crippen LogP contribution in [0.25, 0.3) is 12.2 Å². The molecule has 1 amide bonds. The summed E-state index contributed by atoms with van der Waals surface area (Å²) >= 11 is 0. The van der Waals surface area contributed by atoms with Gasteiger partial charge in [-0.3, -0.25) is 4.79 Å². The van der Waals surface area contributed by atoms with Crippen LogP contribution in [-0.2, 0) is 14.8 Å². The van der Waals surface area contributed by atoms with Gasteiger partial charge in [-0.2, -0.15) is 4.31 Å². The van der Waals surface area contributed by atoms with Gasteiger partial charge in [0.15, 0.2) is 10.7 Å². The Bertz CT molecular complexity index is 1440. The summed E-state index contributed by atoms with van der Waals surface area (Å²) < 4.78 is 39.6. The van der Waals surface area contributed by atoms with Crippen LogP contribution in [0.1, 0.15) is 46.5 Å². The molecule has 8 nitrogen and oxygen atoms in total. The lowest BCUT2D eigenvalue weighted by Gasteiger charge is -2.31. The van der Waals surface area contributed by atoms with Gasteiger partial charge in [0.2, 0.25) is 15.9 Å². The van der Waals surface area contributed by atoms with Crippen molar-refractivity contribution in [1.29, 1.82) is 0 Å². The van der Waals surface area contributed by atoms with Crippen molar-refractivity contribution < 1.29 is 22.5 Å². The normalized spacial score (nSPS) is 16.7. The third-order valence-electron chi connectivity index (χ3n) is 6.65. The maximum atomic E-state index is 13.7. The van der Waals surface area contributed by atoms with Crippen molar-refractivity contribution in [3.8, 4) is 5.75 Å². The maximum Gasteiger partial charge on any atom is 0.248 e. The summed E-state index contributed by atoms with van der Waals surface area (Å²) in [5.41, 5.74) is 4.98. The zero-order valence-electron chi connectivity index (χ0n) is 21.9. The third kappa shape index (κ3) is 5.78. The molecule has 4 rings (SSSR count). The Hall–Kier alpha value is -3.43. The molecule has 1 aliphatic rings. The first-order chi connectivity index (χ1) is 17.6. The van der Waals surface area contributed by atoms with E-state index in [4.69, 9.17) is 9.26 Å². The Balaban J connectivity index is 1.56. The SMILES string of the molecule is COc1ccc(C)cc1NC(=O)[C@H]1CCCN(S(=O)(=O)c2c(C)noc2/C=C/c2cc(C)ccc2C)C1. The molecular formula is C28H33N3O5S. The van der Waals surface area contributed by atoms with Gasteiger partial charge in [-0.1, -0.05) is 41.1 Å². The van der Waals surface area contributed by atoms with E-state index in [0.29, 0.717) is 30.8 Å². The van der Waals surface area contributed by atoms with Gasteiger partial charge < -0.3 is 14.6 Å². The smallest absolute Gasteiger partial charge is 0.248 e. The Morgan fingerprint density at radius 3 is 2.59 bits per heavy atom. The monoisotopic (exact) mass is 523 g/mol. The number of carbonyl (C=O) groups excluding carboxylic acids is 1. The number of anilines is 1. The molecule has 0 radical (unpaired) electrons. The molecule has 0 saturated carbocycles. The van der Waals surface area contributed by atoms with Crippen LogP contribution in [0.4, 0.5) is 5.69 Å². The number of piperidine rings is 1. The van der Waals surface area contributed by atoms with E-state index < -0.39 is 15.9 Å². The number of nitrogens with zero attached hydrogens (tertiary/aromatic N) is 2. The molecule has 0 unspecified atom stereocenters. The van der Waals surface area contributed by atoms with Gasteiger partial charge in [0, 0.05) is 13.1 Å². The van der Waals surface area contributed by atoms with Gasteiger partial charge in [0.25, 0.3) is 0 Å². The minimum Gasteiger partial charge on any atom is -0.495 e. The van der Waals surface area contributed by atoms with E-state index in [1.54, 1.807) is 26.2 Å². The summed E-state index contributed by atoms with van der Waals surface area (Å²) in [6.07, 6.45) is 4.64. The van der Waals surface area contributed by atoms with Gasteiger partial charge >= 0.3 is 0 Å². The van der Waals surface area contributed by atoms with Crippen molar-refractivity contribution in [2.24, 2.45) is 5.92 Å². The van der Waals surface area contributed by atoms with Crippen molar-refractivity contribution >= 4 is 33.8 Å². The summed E-state index contributed by atoms with van der Waals surface area (Å²) in [5, 5.41) is 6.86. The molecule has 0 bridgehead atoms. The Morgan fingerprint density at radius 1 is 1.11 bits per heavy atom. The van der Waals surface area contributed by atoms with E-state index >= 15 is 0 Å². The molecule has 37 heavy (non-hydrogen) atoms. The highest BCUT2D eigenvalue weighted by Crippen LogP contribution is 2.31. The first kappa shape index (κ1) is 26.6. The van der Waals surface area contributed by atoms with Crippen LogP contribution in [0.2, 0.25) is 0 Å². The number of aryl methyl sites for hydroxylation is 4. The highest BCUT2D eigenvalue weighted by Gasteiger charge is 2.37. The quantitative estimate of drug-likeness (QED) is 0.461. The molecule has 1 N–H and O–H groups in total. The second-order valence-corrected chi connectivity index (χ2v) is 11.4. The fourth-order valence-corrected chi connectivity index (χ4v) is 6.34. The fourth-order valence-electron chi connectivity index (χ4n) is 4.56. The number of benzene rings is 2. The summed E-state index contributed by atoms with van der Waals surface area (Å²) in [4.78, 5) is 13.2. The lowest BCUT2D eigenvalue weighted by atomic mass is 9.98. The number of methoxy groups -OCH3 is 1. The second kappa shape index (κ2) is 10.9. The summed E-state index contributed by atoms with van der Waals surface area (Å²) in [7, 11) is -2.40. The third-order valence-corrected chi connectivity index (χ3v) is 8.67. The Labute approximate surface area is 218 Å². The van der Waals surface area contributed by atoms with E-state index in [9.17, 15) is 13.2 Å². The number of sulfonamides is 1. The highest BCUT2D eigenvalue weighted by molar-refractivity contribution is 7.89. The van der Waals surface area contributed by atoms with E-state index in [0.717, 1.165) is 22.3 Å². The van der Waals surface area contributed by atoms with Gasteiger partial charge in [0.05, 0.1) is 18.7 Å². The van der Waals surface area contributed by atoms with Crippen LogP contribution < -0.4 is 10.1 Å². The fraction of sp³-hybridized carbons (Fsp3) is 0.357. The van der Waals surface area contributed by atoms with Crippen molar-refractivity contribution in [1.82, 2.24) is 9.46 Å². The zero-order valence-corrected chi connectivity index (χ0v) is 22.7. The number of hydrogen-bond donors (Lipinski definition) is 1. The van der Waals surface area contributed by atoms with Gasteiger partial charge in [0.1, 0.15) is 11.4 Å². The first-order valence-electron chi connectivity index (χ1n) is 12.3. The predicted octanol–water partition coefficient (Wildman–Crippen LogP) is 5.13. The number of hydrogen-bond acceptors (Lipinski definition) is 6. The van der Waals surface area contributed by atoms with E-state index in [1.807, 2.05) is 57.2 Å². The number of amides is 1. The van der Waals surface area contributed by atoms with E-state index in [-0.39, 0.29) is 28.8 Å². The van der Waals surface area contributed by atoms with Gasteiger partial charge in [-0.15, -0.1) is 0 Å². The molecule has 1 saturated heterocycles. The second-order valence-electron chi connectivity index (χ2n) is 9.55. The molecule has 196 valence electrons. The molecule has 9 heteroatoms. The molecule has 1 atom stereocenters. The molecule has 1 aliphatic heterocycles. The first-order valence-corrected chi connectivity index (χ1v) is 13.7. The Kier molecular flexibility index (Phi) is 7.85. The molecule has 2 heterocycles. The molecule has 1 aromatic heterocycles.